The van der Waals surface area contributed by atoms with Gasteiger partial charge in [-0.2, -0.15) is 4.31 Å². The van der Waals surface area contributed by atoms with Gasteiger partial charge >= 0.3 is 0 Å². The molecular formula is C25H23NO3S. The molecule has 0 amide bonds. The second-order valence-corrected chi connectivity index (χ2v) is 9.34. The first-order valence-corrected chi connectivity index (χ1v) is 11.3. The third-order valence-electron chi connectivity index (χ3n) is 5.42. The summed E-state index contributed by atoms with van der Waals surface area (Å²) in [7, 11) is -3.89. The SMILES string of the molecule is CC(=O)C1=C[C@@H](c2ccccc2)N(S(=O)(=O)c2ccc(C)cc2)[C@H]1c1ccccc1. The van der Waals surface area contributed by atoms with E-state index in [1.54, 1.807) is 30.3 Å². The van der Waals surface area contributed by atoms with Crippen LogP contribution in [0.25, 0.3) is 0 Å². The predicted molar refractivity (Wildman–Crippen MR) is 117 cm³/mol. The van der Waals surface area contributed by atoms with Gasteiger partial charge in [0.2, 0.25) is 10.0 Å². The van der Waals surface area contributed by atoms with Crippen LogP contribution in [-0.4, -0.2) is 18.5 Å². The Labute approximate surface area is 177 Å². The Morgan fingerprint density at radius 3 is 1.87 bits per heavy atom. The number of carbonyl (C=O) groups excluding carboxylic acids is 1. The lowest BCUT2D eigenvalue weighted by molar-refractivity contribution is -0.114. The van der Waals surface area contributed by atoms with Crippen molar-refractivity contribution < 1.29 is 13.2 Å². The van der Waals surface area contributed by atoms with Gasteiger partial charge in [0.25, 0.3) is 0 Å². The number of carbonyl (C=O) groups is 1. The van der Waals surface area contributed by atoms with Crippen molar-refractivity contribution in [1.82, 2.24) is 4.31 Å². The van der Waals surface area contributed by atoms with E-state index in [2.05, 4.69) is 0 Å². The summed E-state index contributed by atoms with van der Waals surface area (Å²) >= 11 is 0. The molecule has 0 aliphatic carbocycles. The molecule has 0 radical (unpaired) electrons. The summed E-state index contributed by atoms with van der Waals surface area (Å²) in [5.74, 6) is -0.133. The molecule has 0 fully saturated rings. The first kappa shape index (κ1) is 20.3. The molecule has 4 nitrogen and oxygen atoms in total. The van der Waals surface area contributed by atoms with Crippen molar-refractivity contribution in [3.63, 3.8) is 0 Å². The lowest BCUT2D eigenvalue weighted by Gasteiger charge is -2.31. The van der Waals surface area contributed by atoms with Gasteiger partial charge in [-0.1, -0.05) is 84.4 Å². The van der Waals surface area contributed by atoms with E-state index in [0.717, 1.165) is 16.7 Å². The molecule has 1 aliphatic heterocycles. The van der Waals surface area contributed by atoms with E-state index in [4.69, 9.17) is 0 Å². The highest BCUT2D eigenvalue weighted by Crippen LogP contribution is 2.47. The second-order valence-electron chi connectivity index (χ2n) is 7.49. The zero-order valence-corrected chi connectivity index (χ0v) is 17.7. The molecule has 5 heteroatoms. The molecule has 3 aromatic carbocycles. The highest BCUT2D eigenvalue weighted by Gasteiger charge is 2.45. The van der Waals surface area contributed by atoms with E-state index in [1.165, 1.54) is 11.2 Å². The van der Waals surface area contributed by atoms with E-state index >= 15 is 0 Å². The minimum absolute atomic E-state index is 0.133. The molecular weight excluding hydrogens is 394 g/mol. The second kappa shape index (κ2) is 8.01. The van der Waals surface area contributed by atoms with Gasteiger partial charge in [-0.25, -0.2) is 8.42 Å². The van der Waals surface area contributed by atoms with Crippen molar-refractivity contribution in [3.05, 3.63) is 113 Å². The Morgan fingerprint density at radius 2 is 1.33 bits per heavy atom. The van der Waals surface area contributed by atoms with Crippen molar-refractivity contribution >= 4 is 15.8 Å². The highest BCUT2D eigenvalue weighted by atomic mass is 32.2. The molecule has 4 rings (SSSR count). The molecule has 0 saturated carbocycles. The van der Waals surface area contributed by atoms with Crippen LogP contribution < -0.4 is 0 Å². The van der Waals surface area contributed by atoms with Crippen molar-refractivity contribution in [2.24, 2.45) is 0 Å². The number of benzene rings is 3. The number of hydrogen-bond acceptors (Lipinski definition) is 3. The molecule has 0 aromatic heterocycles. The van der Waals surface area contributed by atoms with Gasteiger partial charge in [0, 0.05) is 5.57 Å². The fraction of sp³-hybridized carbons (Fsp3) is 0.160. The zero-order chi connectivity index (χ0) is 21.3. The molecule has 0 unspecified atom stereocenters. The summed E-state index contributed by atoms with van der Waals surface area (Å²) in [6.45, 7) is 3.41. The quantitative estimate of drug-likeness (QED) is 0.587. The van der Waals surface area contributed by atoms with E-state index in [1.807, 2.05) is 67.6 Å². The molecule has 0 bridgehead atoms. The van der Waals surface area contributed by atoms with Crippen LogP contribution in [0.5, 0.6) is 0 Å². The summed E-state index contributed by atoms with van der Waals surface area (Å²) in [6.07, 6.45) is 1.79. The monoisotopic (exact) mass is 417 g/mol. The minimum atomic E-state index is -3.89. The number of Topliss-reactive ketones (excluding diaryl/α,β-unsaturated/α-hetero) is 1. The fourth-order valence-corrected chi connectivity index (χ4v) is 5.64. The van der Waals surface area contributed by atoms with Crippen LogP contribution in [0.3, 0.4) is 0 Å². The lowest BCUT2D eigenvalue weighted by atomic mass is 9.98. The lowest BCUT2D eigenvalue weighted by Crippen LogP contribution is -2.35. The van der Waals surface area contributed by atoms with Gasteiger partial charge in [0.05, 0.1) is 17.0 Å². The molecule has 2 atom stereocenters. The van der Waals surface area contributed by atoms with Gasteiger partial charge < -0.3 is 0 Å². The summed E-state index contributed by atoms with van der Waals surface area (Å²) in [5, 5.41) is 0. The number of aryl methyl sites for hydroxylation is 1. The minimum Gasteiger partial charge on any atom is -0.295 e. The highest BCUT2D eigenvalue weighted by molar-refractivity contribution is 7.89. The topological polar surface area (TPSA) is 54.5 Å². The largest absolute Gasteiger partial charge is 0.295 e. The van der Waals surface area contributed by atoms with Crippen molar-refractivity contribution in [1.29, 1.82) is 0 Å². The summed E-state index contributed by atoms with van der Waals surface area (Å²) < 4.78 is 29.2. The molecule has 1 heterocycles. The molecule has 0 saturated heterocycles. The summed E-state index contributed by atoms with van der Waals surface area (Å²) in [4.78, 5) is 12.8. The van der Waals surface area contributed by atoms with Crippen LogP contribution in [0.2, 0.25) is 0 Å². The van der Waals surface area contributed by atoms with E-state index in [-0.39, 0.29) is 10.7 Å². The smallest absolute Gasteiger partial charge is 0.244 e. The summed E-state index contributed by atoms with van der Waals surface area (Å²) in [5.41, 5.74) is 3.07. The van der Waals surface area contributed by atoms with Gasteiger partial charge in [-0.15, -0.1) is 0 Å². The number of sulfonamides is 1. The van der Waals surface area contributed by atoms with Gasteiger partial charge in [-0.05, 0) is 37.1 Å². The molecule has 1 aliphatic rings. The molecule has 152 valence electrons. The zero-order valence-electron chi connectivity index (χ0n) is 16.9. The first-order chi connectivity index (χ1) is 14.4. The fourth-order valence-electron chi connectivity index (χ4n) is 3.92. The van der Waals surface area contributed by atoms with Crippen molar-refractivity contribution in [3.8, 4) is 0 Å². The Bertz CT molecular complexity index is 1180. The third-order valence-corrected chi connectivity index (χ3v) is 7.28. The van der Waals surface area contributed by atoms with Crippen LogP contribution in [0.4, 0.5) is 0 Å². The number of hydrogen-bond donors (Lipinski definition) is 0. The van der Waals surface area contributed by atoms with Gasteiger partial charge in [-0.3, -0.25) is 4.79 Å². The average molecular weight is 418 g/mol. The van der Waals surface area contributed by atoms with Crippen molar-refractivity contribution in [2.45, 2.75) is 30.8 Å². The van der Waals surface area contributed by atoms with Crippen LogP contribution in [-0.2, 0) is 14.8 Å². The van der Waals surface area contributed by atoms with E-state index in [0.29, 0.717) is 5.57 Å². The van der Waals surface area contributed by atoms with Gasteiger partial charge in [0.15, 0.2) is 5.78 Å². The van der Waals surface area contributed by atoms with E-state index in [9.17, 15) is 13.2 Å². The van der Waals surface area contributed by atoms with Gasteiger partial charge in [0.1, 0.15) is 0 Å². The predicted octanol–water partition coefficient (Wildman–Crippen LogP) is 5.00. The van der Waals surface area contributed by atoms with Crippen LogP contribution in [0.1, 0.15) is 35.7 Å². The Balaban J connectivity index is 1.93. The van der Waals surface area contributed by atoms with E-state index < -0.39 is 22.1 Å². The van der Waals surface area contributed by atoms with Crippen molar-refractivity contribution in [2.75, 3.05) is 0 Å². The molecule has 30 heavy (non-hydrogen) atoms. The van der Waals surface area contributed by atoms with Crippen LogP contribution >= 0.6 is 0 Å². The molecule has 0 N–H and O–H groups in total. The standard InChI is InChI=1S/C25H23NO3S/c1-18-13-15-22(16-14-18)30(28,29)26-24(20-9-5-3-6-10-20)17-23(19(2)27)25(26)21-11-7-4-8-12-21/h3-17,24-25H,1-2H3/t24-,25-/m0/s1. The Morgan fingerprint density at radius 1 is 0.800 bits per heavy atom. The maximum Gasteiger partial charge on any atom is 0.244 e. The maximum atomic E-state index is 13.9. The number of nitrogens with zero attached hydrogens (tertiary/aromatic N) is 1. The number of ketones is 1. The average Bonchev–Trinajstić information content (AvgIpc) is 3.17. The Kier molecular flexibility index (Phi) is 5.41. The van der Waals surface area contributed by atoms with Crippen LogP contribution in [0.15, 0.2) is 101 Å². The number of rotatable bonds is 5. The molecule has 3 aromatic rings. The normalized spacial score (nSPS) is 19.5. The maximum absolute atomic E-state index is 13.9. The third kappa shape index (κ3) is 3.62. The van der Waals surface area contributed by atoms with Crippen LogP contribution in [0, 0.1) is 6.92 Å². The summed E-state index contributed by atoms with van der Waals surface area (Å²) in [6, 6.07) is 24.3. The first-order valence-electron chi connectivity index (χ1n) is 9.82. The molecule has 0 spiro atoms. The Hall–Kier alpha value is -3.02.